The summed E-state index contributed by atoms with van der Waals surface area (Å²) >= 11 is 12.2. The highest BCUT2D eigenvalue weighted by atomic mass is 35.5. The molecule has 2 aromatic carbocycles. The minimum absolute atomic E-state index is 0.0138. The highest BCUT2D eigenvalue weighted by Gasteiger charge is 2.22. The molecule has 0 aliphatic rings. The third-order valence-corrected chi connectivity index (χ3v) is 7.80. The first-order valence-corrected chi connectivity index (χ1v) is 13.1. The molecule has 0 unspecified atom stereocenters. The van der Waals surface area contributed by atoms with Gasteiger partial charge in [-0.3, -0.25) is 8.37 Å². The van der Waals surface area contributed by atoms with Gasteiger partial charge in [-0.25, -0.2) is 0 Å². The monoisotopic (exact) mass is 494 g/mol. The molecule has 30 heavy (non-hydrogen) atoms. The van der Waals surface area contributed by atoms with Crippen LogP contribution in [0.2, 0.25) is 10.0 Å². The zero-order valence-electron chi connectivity index (χ0n) is 16.7. The van der Waals surface area contributed by atoms with Crippen LogP contribution < -0.4 is 0 Å². The van der Waals surface area contributed by atoms with E-state index in [1.165, 1.54) is 24.3 Å². The minimum Gasteiger partial charge on any atom is -0.266 e. The molecule has 0 saturated carbocycles. The largest absolute Gasteiger partial charge is 0.298 e. The van der Waals surface area contributed by atoms with E-state index in [2.05, 4.69) is 0 Å². The van der Waals surface area contributed by atoms with E-state index in [-0.39, 0.29) is 33.0 Å². The van der Waals surface area contributed by atoms with Gasteiger partial charge in [0, 0.05) is 0 Å². The molecule has 0 radical (unpaired) electrons. The molecular weight excluding hydrogens is 471 g/mol. The molecule has 0 fully saturated rings. The quantitative estimate of drug-likeness (QED) is 0.295. The first kappa shape index (κ1) is 25.1. The Balaban J connectivity index is 2.43. The SMILES string of the molecule is CCCCOS(=O)(=O)c1cc(-c2ccc(Cl)c(S(=O)(=O)OCCCC)c2)ccc1Cl. The van der Waals surface area contributed by atoms with Crippen molar-refractivity contribution in [2.75, 3.05) is 13.2 Å². The van der Waals surface area contributed by atoms with Gasteiger partial charge in [-0.05, 0) is 48.2 Å². The second kappa shape index (κ2) is 10.9. The van der Waals surface area contributed by atoms with Gasteiger partial charge in [-0.2, -0.15) is 16.8 Å². The van der Waals surface area contributed by atoms with Crippen LogP contribution in [0.3, 0.4) is 0 Å². The zero-order valence-corrected chi connectivity index (χ0v) is 19.9. The van der Waals surface area contributed by atoms with Crippen molar-refractivity contribution in [1.82, 2.24) is 0 Å². The molecule has 0 saturated heterocycles. The van der Waals surface area contributed by atoms with E-state index in [0.717, 1.165) is 12.8 Å². The van der Waals surface area contributed by atoms with Crippen molar-refractivity contribution in [2.45, 2.75) is 49.3 Å². The normalized spacial score (nSPS) is 12.3. The number of halogens is 2. The van der Waals surface area contributed by atoms with Crippen LogP contribution in [0.1, 0.15) is 39.5 Å². The van der Waals surface area contributed by atoms with Crippen molar-refractivity contribution in [3.63, 3.8) is 0 Å². The number of hydrogen-bond acceptors (Lipinski definition) is 6. The van der Waals surface area contributed by atoms with E-state index in [9.17, 15) is 16.8 Å². The van der Waals surface area contributed by atoms with Crippen LogP contribution in [-0.4, -0.2) is 30.0 Å². The first-order valence-electron chi connectivity index (χ1n) is 9.50. The second-order valence-corrected chi connectivity index (χ2v) is 10.5. The van der Waals surface area contributed by atoms with E-state index in [4.69, 9.17) is 31.6 Å². The molecule has 0 heterocycles. The lowest BCUT2D eigenvalue weighted by Gasteiger charge is -2.12. The van der Waals surface area contributed by atoms with Crippen LogP contribution in [0.4, 0.5) is 0 Å². The summed E-state index contributed by atoms with van der Waals surface area (Å²) < 4.78 is 60.0. The van der Waals surface area contributed by atoms with Crippen molar-refractivity contribution >= 4 is 43.4 Å². The van der Waals surface area contributed by atoms with Crippen molar-refractivity contribution in [3.05, 3.63) is 46.4 Å². The lowest BCUT2D eigenvalue weighted by atomic mass is 10.1. The Bertz CT molecular complexity index is 995. The van der Waals surface area contributed by atoms with E-state index in [0.29, 0.717) is 24.0 Å². The van der Waals surface area contributed by atoms with Crippen LogP contribution in [0.25, 0.3) is 11.1 Å². The fraction of sp³-hybridized carbons (Fsp3) is 0.400. The van der Waals surface area contributed by atoms with Gasteiger partial charge in [0.05, 0.1) is 23.3 Å². The van der Waals surface area contributed by atoms with Gasteiger partial charge in [-0.15, -0.1) is 0 Å². The molecule has 0 spiro atoms. The number of rotatable bonds is 11. The Morgan fingerprint density at radius 1 is 0.700 bits per heavy atom. The third kappa shape index (κ3) is 6.42. The summed E-state index contributed by atoms with van der Waals surface area (Å²) in [7, 11) is -8.11. The molecule has 166 valence electrons. The van der Waals surface area contributed by atoms with E-state index < -0.39 is 20.2 Å². The van der Waals surface area contributed by atoms with E-state index in [1.54, 1.807) is 12.1 Å². The summed E-state index contributed by atoms with van der Waals surface area (Å²) in [6.45, 7) is 3.94. The number of unbranched alkanes of at least 4 members (excludes halogenated alkanes) is 2. The molecule has 2 rings (SSSR count). The summed E-state index contributed by atoms with van der Waals surface area (Å²) in [4.78, 5) is -0.368. The average molecular weight is 495 g/mol. The van der Waals surface area contributed by atoms with Gasteiger partial charge >= 0.3 is 0 Å². The van der Waals surface area contributed by atoms with Gasteiger partial charge in [0.2, 0.25) is 0 Å². The molecule has 0 aromatic heterocycles. The van der Waals surface area contributed by atoms with Gasteiger partial charge in [0.1, 0.15) is 9.79 Å². The van der Waals surface area contributed by atoms with Crippen molar-refractivity contribution in [2.24, 2.45) is 0 Å². The molecule has 0 atom stereocenters. The van der Waals surface area contributed by atoms with E-state index >= 15 is 0 Å². The molecule has 2 aromatic rings. The fourth-order valence-corrected chi connectivity index (χ4v) is 5.39. The lowest BCUT2D eigenvalue weighted by Crippen LogP contribution is -2.09. The second-order valence-electron chi connectivity index (χ2n) is 6.55. The Morgan fingerprint density at radius 2 is 1.07 bits per heavy atom. The molecule has 0 aliphatic heterocycles. The Labute approximate surface area is 188 Å². The minimum atomic E-state index is -4.06. The third-order valence-electron chi connectivity index (χ3n) is 4.21. The smallest absolute Gasteiger partial charge is 0.266 e. The Hall–Kier alpha value is -1.16. The van der Waals surface area contributed by atoms with Gasteiger partial charge < -0.3 is 0 Å². The highest BCUT2D eigenvalue weighted by molar-refractivity contribution is 7.87. The molecule has 0 aliphatic carbocycles. The standard InChI is InChI=1S/C20H24Cl2O6S2/c1-3-5-11-27-29(23,24)19-13-15(7-9-17(19)21)16-8-10-18(22)20(14-16)30(25,26)28-12-6-4-2/h7-10,13-14H,3-6,11-12H2,1-2H3. The molecule has 10 heteroatoms. The summed E-state index contributed by atoms with van der Waals surface area (Å²) in [6.07, 6.45) is 2.75. The van der Waals surface area contributed by atoms with Crippen LogP contribution in [0.15, 0.2) is 46.2 Å². The molecule has 0 amide bonds. The van der Waals surface area contributed by atoms with Gasteiger partial charge in [-0.1, -0.05) is 62.0 Å². The Kier molecular flexibility index (Phi) is 9.14. The summed E-state index contributed by atoms with van der Waals surface area (Å²) in [5, 5.41) is 0.0277. The van der Waals surface area contributed by atoms with Crippen LogP contribution in [-0.2, 0) is 28.6 Å². The number of hydrogen-bond donors (Lipinski definition) is 0. The summed E-state index contributed by atoms with van der Waals surface area (Å²) in [5.41, 5.74) is 0.887. The first-order chi connectivity index (χ1) is 14.1. The van der Waals surface area contributed by atoms with Crippen LogP contribution >= 0.6 is 23.2 Å². The molecule has 0 bridgehead atoms. The number of benzene rings is 2. The lowest BCUT2D eigenvalue weighted by molar-refractivity contribution is 0.310. The Morgan fingerprint density at radius 3 is 1.40 bits per heavy atom. The molecular formula is C20H24Cl2O6S2. The summed E-state index contributed by atoms with van der Waals surface area (Å²) in [6, 6.07) is 8.72. The van der Waals surface area contributed by atoms with Crippen molar-refractivity contribution in [3.8, 4) is 11.1 Å². The fourth-order valence-electron chi connectivity index (χ4n) is 2.50. The van der Waals surface area contributed by atoms with Crippen molar-refractivity contribution < 1.29 is 25.2 Å². The maximum atomic E-state index is 12.5. The van der Waals surface area contributed by atoms with Gasteiger partial charge in [0.15, 0.2) is 0 Å². The maximum absolute atomic E-state index is 12.5. The average Bonchev–Trinajstić information content (AvgIpc) is 2.69. The highest BCUT2D eigenvalue weighted by Crippen LogP contribution is 2.33. The van der Waals surface area contributed by atoms with Gasteiger partial charge in [0.25, 0.3) is 20.2 Å². The predicted molar refractivity (Wildman–Crippen MR) is 118 cm³/mol. The maximum Gasteiger partial charge on any atom is 0.298 e. The van der Waals surface area contributed by atoms with Crippen LogP contribution in [0.5, 0.6) is 0 Å². The zero-order chi connectivity index (χ0) is 22.4. The molecule has 0 N–H and O–H groups in total. The van der Waals surface area contributed by atoms with E-state index in [1.807, 2.05) is 13.8 Å². The molecule has 6 nitrogen and oxygen atoms in total. The van der Waals surface area contributed by atoms with Crippen molar-refractivity contribution in [1.29, 1.82) is 0 Å². The topological polar surface area (TPSA) is 86.7 Å². The summed E-state index contributed by atoms with van der Waals surface area (Å²) in [5.74, 6) is 0. The van der Waals surface area contributed by atoms with Crippen LogP contribution in [0, 0.1) is 0 Å². The predicted octanol–water partition coefficient (Wildman–Crippen LogP) is 5.67.